The largest absolute Gasteiger partial charge is 0.256 e. The van der Waals surface area contributed by atoms with Gasteiger partial charge in [0.2, 0.25) is 0 Å². The molecule has 98 valence electrons. The summed E-state index contributed by atoms with van der Waals surface area (Å²) in [5, 5.41) is 2.96. The van der Waals surface area contributed by atoms with Crippen LogP contribution in [0.4, 0.5) is 0 Å². The van der Waals surface area contributed by atoms with E-state index >= 15 is 0 Å². The highest BCUT2D eigenvalue weighted by atomic mass is 32.1. The van der Waals surface area contributed by atoms with Gasteiger partial charge < -0.3 is 0 Å². The number of pyridine rings is 1. The van der Waals surface area contributed by atoms with Crippen LogP contribution in [0.5, 0.6) is 0 Å². The molecule has 0 amide bonds. The molecule has 0 bridgehead atoms. The summed E-state index contributed by atoms with van der Waals surface area (Å²) >= 11 is 1.50. The maximum Gasteiger partial charge on any atom is 0.0710 e. The Morgan fingerprint density at radius 1 is 1.05 bits per heavy atom. The van der Waals surface area contributed by atoms with Gasteiger partial charge in [0.1, 0.15) is 0 Å². The van der Waals surface area contributed by atoms with Crippen LogP contribution >= 0.6 is 11.3 Å². The maximum absolute atomic E-state index is 8.18. The van der Waals surface area contributed by atoms with E-state index in [2.05, 4.69) is 4.98 Å². The highest BCUT2D eigenvalue weighted by molar-refractivity contribution is 7.16. The van der Waals surface area contributed by atoms with Gasteiger partial charge in [-0.1, -0.05) is 48.5 Å². The molecule has 0 aliphatic rings. The van der Waals surface area contributed by atoms with Crippen LogP contribution in [-0.4, -0.2) is 4.98 Å². The molecular formula is C18H15NS. The first kappa shape index (κ1) is 8.18. The molecule has 0 unspecified atom stereocenters. The van der Waals surface area contributed by atoms with Crippen molar-refractivity contribution >= 4 is 21.4 Å². The molecule has 0 radical (unpaired) electrons. The Bertz CT molecular complexity index is 977. The SMILES string of the molecule is [2H]c1c(C([2H])([2H])[2H])cnc(-c2ccccc3ccccc3sc2)c1[2H]. The fourth-order valence-electron chi connectivity index (χ4n) is 1.81. The number of aromatic nitrogens is 1. The first-order valence-electron chi connectivity index (χ1n) is 8.65. The third-order valence-corrected chi connectivity index (χ3v) is 3.80. The summed E-state index contributed by atoms with van der Waals surface area (Å²) < 4.78 is 39.6. The molecule has 3 aromatic rings. The second-order valence-corrected chi connectivity index (χ2v) is 5.13. The molecule has 1 aromatic carbocycles. The molecule has 0 aliphatic heterocycles. The van der Waals surface area contributed by atoms with Gasteiger partial charge in [-0.05, 0) is 29.9 Å². The van der Waals surface area contributed by atoms with Gasteiger partial charge in [-0.25, -0.2) is 0 Å². The minimum atomic E-state index is -2.45. The normalized spacial score (nSPS) is 14.5. The van der Waals surface area contributed by atoms with Crippen LogP contribution in [0.2, 0.25) is 0 Å². The Morgan fingerprint density at radius 2 is 1.85 bits per heavy atom. The van der Waals surface area contributed by atoms with E-state index < -0.39 is 6.85 Å². The molecule has 0 N–H and O–H groups in total. The molecule has 3 rings (SSSR count). The lowest BCUT2D eigenvalue weighted by Crippen LogP contribution is -1.81. The summed E-state index contributed by atoms with van der Waals surface area (Å²) in [5.74, 6) is 0. The first-order valence-corrected chi connectivity index (χ1v) is 7.03. The van der Waals surface area contributed by atoms with Gasteiger partial charge in [-0.2, -0.15) is 0 Å². The second kappa shape index (κ2) is 5.85. The Kier molecular flexibility index (Phi) is 2.39. The Labute approximate surface area is 129 Å². The third-order valence-electron chi connectivity index (χ3n) is 2.81. The zero-order valence-electron chi connectivity index (χ0n) is 15.6. The lowest BCUT2D eigenvalue weighted by atomic mass is 10.2. The van der Waals surface area contributed by atoms with Crippen molar-refractivity contribution in [2.24, 2.45) is 0 Å². The van der Waals surface area contributed by atoms with E-state index in [9.17, 15) is 0 Å². The summed E-state index contributed by atoms with van der Waals surface area (Å²) in [5.41, 5.74) is 0.767. The lowest BCUT2D eigenvalue weighted by molar-refractivity contribution is 1.27. The molecule has 0 atom stereocenters. The molecule has 0 saturated heterocycles. The molecule has 0 aliphatic carbocycles. The zero-order valence-corrected chi connectivity index (χ0v) is 11.4. The van der Waals surface area contributed by atoms with E-state index in [0.717, 1.165) is 10.1 Å². The lowest BCUT2D eigenvalue weighted by Gasteiger charge is -1.98. The smallest absolute Gasteiger partial charge is 0.0710 e. The van der Waals surface area contributed by atoms with Crippen molar-refractivity contribution in [3.63, 3.8) is 0 Å². The molecule has 0 fully saturated rings. The van der Waals surface area contributed by atoms with E-state index in [1.54, 1.807) is 0 Å². The number of hydrogen-bond donors (Lipinski definition) is 0. The predicted octanol–water partition coefficient (Wildman–Crippen LogP) is 5.40. The van der Waals surface area contributed by atoms with Gasteiger partial charge in [-0.3, -0.25) is 4.98 Å². The molecule has 1 nitrogen and oxygen atoms in total. The monoisotopic (exact) mass is 282 g/mol. The summed E-state index contributed by atoms with van der Waals surface area (Å²) in [7, 11) is 0. The van der Waals surface area contributed by atoms with Crippen LogP contribution < -0.4 is 0 Å². The van der Waals surface area contributed by atoms with Crippen LogP contribution in [0.25, 0.3) is 21.3 Å². The van der Waals surface area contributed by atoms with Crippen LogP contribution in [-0.2, 0) is 0 Å². The fourth-order valence-corrected chi connectivity index (χ4v) is 2.69. The number of aryl methyl sites for hydroxylation is 1. The van der Waals surface area contributed by atoms with E-state index in [1.807, 2.05) is 53.9 Å². The van der Waals surface area contributed by atoms with Crippen molar-refractivity contribution in [2.75, 3.05) is 0 Å². The number of hydrogen-bond acceptors (Lipinski definition) is 2. The number of benzene rings is 1. The van der Waals surface area contributed by atoms with Gasteiger partial charge in [-0.15, -0.1) is 11.3 Å². The van der Waals surface area contributed by atoms with Crippen molar-refractivity contribution in [3.05, 3.63) is 77.8 Å². The molecule has 2 heteroatoms. The molecular weight excluding hydrogens is 262 g/mol. The fraction of sp³-hybridized carbons (Fsp3) is 0.0556. The quantitative estimate of drug-likeness (QED) is 0.582. The van der Waals surface area contributed by atoms with Gasteiger partial charge in [0.25, 0.3) is 0 Å². The number of nitrogens with zero attached hydrogens (tertiary/aromatic N) is 1. The summed E-state index contributed by atoms with van der Waals surface area (Å²) in [6.45, 7) is -2.45. The summed E-state index contributed by atoms with van der Waals surface area (Å²) in [4.78, 5) is 4.16. The number of fused-ring (bicyclic) bond motifs is 1. The third kappa shape index (κ3) is 2.86. The Balaban J connectivity index is 2.21. The standard InChI is InChI=1S/C18H15NS/c1-14-10-11-17(19-12-14)16-8-3-2-6-15-7-4-5-9-18(15)20-13-16/h2-13H,1H3/i1D3,10D,11D. The molecule has 0 saturated carbocycles. The van der Waals surface area contributed by atoms with E-state index in [-0.39, 0.29) is 17.6 Å². The molecule has 20 heavy (non-hydrogen) atoms. The summed E-state index contributed by atoms with van der Waals surface area (Å²) in [6, 6.07) is 15.0. The van der Waals surface area contributed by atoms with Crippen LogP contribution in [0, 0.1) is 6.85 Å². The second-order valence-electron chi connectivity index (χ2n) is 4.22. The van der Waals surface area contributed by atoms with Gasteiger partial charge in [0.15, 0.2) is 0 Å². The van der Waals surface area contributed by atoms with Gasteiger partial charge in [0.05, 0.1) is 8.44 Å². The highest BCUT2D eigenvalue weighted by Gasteiger charge is 1.96. The molecule has 2 aromatic heterocycles. The van der Waals surface area contributed by atoms with E-state index in [0.29, 0.717) is 11.3 Å². The van der Waals surface area contributed by atoms with Crippen LogP contribution in [0.1, 0.15) is 12.4 Å². The molecule has 0 spiro atoms. The molecule has 2 heterocycles. The van der Waals surface area contributed by atoms with Gasteiger partial charge in [0, 0.05) is 26.0 Å². The van der Waals surface area contributed by atoms with Crippen molar-refractivity contribution in [3.8, 4) is 11.3 Å². The Hall–Kier alpha value is -2.19. The highest BCUT2D eigenvalue weighted by Crippen LogP contribution is 2.21. The number of rotatable bonds is 1. The maximum atomic E-state index is 8.18. The van der Waals surface area contributed by atoms with Crippen LogP contribution in [0.3, 0.4) is 0 Å². The minimum Gasteiger partial charge on any atom is -0.256 e. The minimum absolute atomic E-state index is 0.179. The Morgan fingerprint density at radius 3 is 2.70 bits per heavy atom. The van der Waals surface area contributed by atoms with Crippen molar-refractivity contribution in [1.29, 1.82) is 0 Å². The van der Waals surface area contributed by atoms with Crippen LogP contribution in [0.15, 0.2) is 72.2 Å². The predicted molar refractivity (Wildman–Crippen MR) is 87.4 cm³/mol. The van der Waals surface area contributed by atoms with Crippen molar-refractivity contribution in [1.82, 2.24) is 4.98 Å². The van der Waals surface area contributed by atoms with Crippen molar-refractivity contribution in [2.45, 2.75) is 6.85 Å². The average Bonchev–Trinajstić information content (AvgIpc) is 2.66. The van der Waals surface area contributed by atoms with Crippen molar-refractivity contribution < 1.29 is 6.85 Å². The average molecular weight is 282 g/mol. The zero-order chi connectivity index (χ0) is 18.0. The van der Waals surface area contributed by atoms with E-state index in [1.165, 1.54) is 17.5 Å². The topological polar surface area (TPSA) is 12.9 Å². The summed E-state index contributed by atoms with van der Waals surface area (Å²) in [6.07, 6.45) is 1.18. The first-order chi connectivity index (χ1) is 11.9. The van der Waals surface area contributed by atoms with E-state index in [4.69, 9.17) is 6.85 Å². The van der Waals surface area contributed by atoms with Gasteiger partial charge >= 0.3 is 0 Å².